The van der Waals surface area contributed by atoms with E-state index >= 15 is 0 Å². The van der Waals surface area contributed by atoms with Crippen LogP contribution in [0.15, 0.2) is 18.5 Å². The van der Waals surface area contributed by atoms with E-state index in [0.29, 0.717) is 5.95 Å². The van der Waals surface area contributed by atoms with Crippen LogP contribution in [0.1, 0.15) is 12.8 Å². The highest BCUT2D eigenvalue weighted by atomic mass is 16.5. The predicted molar refractivity (Wildman–Crippen MR) is 49.5 cm³/mol. The molecule has 4 nitrogen and oxygen atoms in total. The van der Waals surface area contributed by atoms with Crippen molar-refractivity contribution in [3.05, 3.63) is 18.5 Å². The summed E-state index contributed by atoms with van der Waals surface area (Å²) in [7, 11) is 1.72. The molecule has 0 aromatic carbocycles. The fourth-order valence-corrected chi connectivity index (χ4v) is 1.33. The van der Waals surface area contributed by atoms with E-state index in [1.54, 1.807) is 25.6 Å². The van der Waals surface area contributed by atoms with Crippen LogP contribution in [0, 0.1) is 0 Å². The van der Waals surface area contributed by atoms with Crippen molar-refractivity contribution in [1.29, 1.82) is 0 Å². The molecule has 0 saturated heterocycles. The third-order valence-corrected chi connectivity index (χ3v) is 2.22. The summed E-state index contributed by atoms with van der Waals surface area (Å²) in [6.45, 7) is 0.727. The van der Waals surface area contributed by atoms with Crippen molar-refractivity contribution in [1.82, 2.24) is 9.97 Å². The molecule has 1 N–H and O–H groups in total. The van der Waals surface area contributed by atoms with Crippen LogP contribution >= 0.6 is 0 Å². The maximum absolute atomic E-state index is 5.12. The van der Waals surface area contributed by atoms with Crippen LogP contribution < -0.4 is 5.32 Å². The second-order valence-corrected chi connectivity index (χ2v) is 3.41. The Morgan fingerprint density at radius 2 is 2.15 bits per heavy atom. The highest BCUT2D eigenvalue weighted by Crippen LogP contribution is 2.38. The van der Waals surface area contributed by atoms with Crippen LogP contribution in [-0.4, -0.2) is 29.2 Å². The average Bonchev–Trinajstić information content (AvgIpc) is 2.87. The third-order valence-electron chi connectivity index (χ3n) is 2.22. The van der Waals surface area contributed by atoms with Gasteiger partial charge in [-0.05, 0) is 18.9 Å². The number of nitrogens with one attached hydrogen (secondary N) is 1. The molecule has 1 aliphatic rings. The number of nitrogens with zero attached hydrogens (tertiary/aromatic N) is 2. The molecule has 1 aromatic rings. The first-order chi connectivity index (χ1) is 6.35. The third kappa shape index (κ3) is 1.95. The summed E-state index contributed by atoms with van der Waals surface area (Å²) in [5.41, 5.74) is 0.107. The standard InChI is InChI=1S/C9H13N3O/c1-13-7-9(3-4-9)12-8-10-5-2-6-11-8/h2,5-6H,3-4,7H2,1H3,(H,10,11,12). The van der Waals surface area contributed by atoms with Gasteiger partial charge in [0.25, 0.3) is 0 Å². The lowest BCUT2D eigenvalue weighted by Crippen LogP contribution is -2.27. The van der Waals surface area contributed by atoms with Crippen LogP contribution in [0.3, 0.4) is 0 Å². The molecular weight excluding hydrogens is 166 g/mol. The number of anilines is 1. The van der Waals surface area contributed by atoms with Crippen LogP contribution in [0.25, 0.3) is 0 Å². The lowest BCUT2D eigenvalue weighted by atomic mass is 10.3. The van der Waals surface area contributed by atoms with Crippen molar-refractivity contribution in [3.63, 3.8) is 0 Å². The van der Waals surface area contributed by atoms with Gasteiger partial charge in [-0.3, -0.25) is 0 Å². The number of aromatic nitrogens is 2. The maximum Gasteiger partial charge on any atom is 0.223 e. The molecule has 13 heavy (non-hydrogen) atoms. The average molecular weight is 179 g/mol. The zero-order valence-electron chi connectivity index (χ0n) is 7.66. The summed E-state index contributed by atoms with van der Waals surface area (Å²) in [6, 6.07) is 1.81. The molecule has 0 spiro atoms. The minimum absolute atomic E-state index is 0.107. The van der Waals surface area contributed by atoms with E-state index in [-0.39, 0.29) is 5.54 Å². The van der Waals surface area contributed by atoms with Crippen molar-refractivity contribution in [2.24, 2.45) is 0 Å². The number of rotatable bonds is 4. The van der Waals surface area contributed by atoms with E-state index in [2.05, 4.69) is 15.3 Å². The van der Waals surface area contributed by atoms with E-state index < -0.39 is 0 Å². The Labute approximate surface area is 77.4 Å². The van der Waals surface area contributed by atoms with Gasteiger partial charge in [-0.15, -0.1) is 0 Å². The Bertz CT molecular complexity index is 271. The van der Waals surface area contributed by atoms with Gasteiger partial charge in [0.15, 0.2) is 0 Å². The lowest BCUT2D eigenvalue weighted by Gasteiger charge is -2.15. The molecule has 0 radical (unpaired) electrons. The second-order valence-electron chi connectivity index (χ2n) is 3.41. The molecular formula is C9H13N3O. The minimum Gasteiger partial charge on any atom is -0.382 e. The first-order valence-corrected chi connectivity index (χ1v) is 4.39. The summed E-state index contributed by atoms with van der Waals surface area (Å²) in [4.78, 5) is 8.22. The highest BCUT2D eigenvalue weighted by molar-refractivity contribution is 5.32. The molecule has 0 amide bonds. The number of hydrogen-bond acceptors (Lipinski definition) is 4. The van der Waals surface area contributed by atoms with Crippen LogP contribution in [-0.2, 0) is 4.74 Å². The molecule has 1 saturated carbocycles. The summed E-state index contributed by atoms with van der Waals surface area (Å²) in [5.74, 6) is 0.692. The van der Waals surface area contributed by atoms with Crippen LogP contribution in [0.2, 0.25) is 0 Å². The van der Waals surface area contributed by atoms with E-state index in [9.17, 15) is 0 Å². The van der Waals surface area contributed by atoms with Gasteiger partial charge in [0, 0.05) is 19.5 Å². The van der Waals surface area contributed by atoms with Gasteiger partial charge in [-0.2, -0.15) is 0 Å². The molecule has 0 bridgehead atoms. The minimum atomic E-state index is 0.107. The first-order valence-electron chi connectivity index (χ1n) is 4.39. The van der Waals surface area contributed by atoms with Crippen molar-refractivity contribution in [2.75, 3.05) is 19.0 Å². The Morgan fingerprint density at radius 1 is 1.46 bits per heavy atom. The van der Waals surface area contributed by atoms with Gasteiger partial charge in [0.2, 0.25) is 5.95 Å². The summed E-state index contributed by atoms with van der Waals surface area (Å²) in [5, 5.41) is 3.28. The summed E-state index contributed by atoms with van der Waals surface area (Å²) >= 11 is 0. The SMILES string of the molecule is COCC1(Nc2ncccn2)CC1. The number of hydrogen-bond donors (Lipinski definition) is 1. The van der Waals surface area contributed by atoms with Crippen LogP contribution in [0.4, 0.5) is 5.95 Å². The summed E-state index contributed by atoms with van der Waals surface area (Å²) in [6.07, 6.45) is 5.74. The quantitative estimate of drug-likeness (QED) is 0.751. The molecule has 4 heteroatoms. The van der Waals surface area contributed by atoms with Gasteiger partial charge in [0.05, 0.1) is 12.1 Å². The normalized spacial score (nSPS) is 18.2. The molecule has 0 unspecified atom stereocenters. The first kappa shape index (κ1) is 8.44. The monoisotopic (exact) mass is 179 g/mol. The molecule has 1 heterocycles. The number of ether oxygens (including phenoxy) is 1. The van der Waals surface area contributed by atoms with Gasteiger partial charge in [-0.25, -0.2) is 9.97 Å². The summed E-state index contributed by atoms with van der Waals surface area (Å²) < 4.78 is 5.12. The molecule has 1 aromatic heterocycles. The van der Waals surface area contributed by atoms with Crippen LogP contribution in [0.5, 0.6) is 0 Å². The largest absolute Gasteiger partial charge is 0.382 e. The van der Waals surface area contributed by atoms with E-state index in [0.717, 1.165) is 19.4 Å². The van der Waals surface area contributed by atoms with Crippen molar-refractivity contribution in [3.8, 4) is 0 Å². The van der Waals surface area contributed by atoms with E-state index in [1.165, 1.54) is 0 Å². The van der Waals surface area contributed by atoms with Gasteiger partial charge in [0.1, 0.15) is 0 Å². The fraction of sp³-hybridized carbons (Fsp3) is 0.556. The highest BCUT2D eigenvalue weighted by Gasteiger charge is 2.43. The number of methoxy groups -OCH3 is 1. The van der Waals surface area contributed by atoms with E-state index in [4.69, 9.17) is 4.74 Å². The zero-order valence-corrected chi connectivity index (χ0v) is 7.66. The fourth-order valence-electron chi connectivity index (χ4n) is 1.33. The molecule has 0 aliphatic heterocycles. The molecule has 1 aliphatic carbocycles. The Balaban J connectivity index is 1.98. The van der Waals surface area contributed by atoms with Gasteiger partial charge >= 0.3 is 0 Å². The van der Waals surface area contributed by atoms with Crippen molar-refractivity contribution < 1.29 is 4.74 Å². The zero-order chi connectivity index (χ0) is 9.15. The van der Waals surface area contributed by atoms with Crippen molar-refractivity contribution in [2.45, 2.75) is 18.4 Å². The Kier molecular flexibility index (Phi) is 2.14. The Morgan fingerprint density at radius 3 is 2.69 bits per heavy atom. The molecule has 2 rings (SSSR count). The second kappa shape index (κ2) is 3.30. The van der Waals surface area contributed by atoms with Gasteiger partial charge in [-0.1, -0.05) is 0 Å². The molecule has 1 fully saturated rings. The van der Waals surface area contributed by atoms with Crippen molar-refractivity contribution >= 4 is 5.95 Å². The predicted octanol–water partition coefficient (Wildman–Crippen LogP) is 1.07. The topological polar surface area (TPSA) is 47.0 Å². The molecule has 70 valence electrons. The molecule has 0 atom stereocenters. The lowest BCUT2D eigenvalue weighted by molar-refractivity contribution is 0.179. The van der Waals surface area contributed by atoms with E-state index in [1.807, 2.05) is 0 Å². The smallest absolute Gasteiger partial charge is 0.223 e. The van der Waals surface area contributed by atoms with Gasteiger partial charge < -0.3 is 10.1 Å². The Hall–Kier alpha value is -1.16. The maximum atomic E-state index is 5.12.